The zero-order valence-corrected chi connectivity index (χ0v) is 11.7. The predicted octanol–water partition coefficient (Wildman–Crippen LogP) is 4.03. The molecular weight excluding hydrogens is 210 g/mol. The quantitative estimate of drug-likeness (QED) is 0.586. The third-order valence-electron chi connectivity index (χ3n) is 3.88. The first kappa shape index (κ1) is 15.0. The Morgan fingerprint density at radius 2 is 1.53 bits per heavy atom. The van der Waals surface area contributed by atoms with Gasteiger partial charge >= 0.3 is 0 Å². The second kappa shape index (κ2) is 8.93. The number of ether oxygens (including phenoxy) is 1. The van der Waals surface area contributed by atoms with Gasteiger partial charge in [-0.3, -0.25) is 0 Å². The zero-order valence-electron chi connectivity index (χ0n) is 11.7. The Morgan fingerprint density at radius 3 is 2.18 bits per heavy atom. The van der Waals surface area contributed by atoms with Crippen LogP contribution >= 0.6 is 0 Å². The second-order valence-corrected chi connectivity index (χ2v) is 5.74. The molecule has 0 heterocycles. The maximum atomic E-state index is 6.23. The van der Waals surface area contributed by atoms with E-state index in [1.165, 1.54) is 57.8 Å². The van der Waals surface area contributed by atoms with E-state index in [1.807, 2.05) is 0 Å². The molecule has 1 aliphatic carbocycles. The minimum absolute atomic E-state index is 0.0150. The summed E-state index contributed by atoms with van der Waals surface area (Å²) in [5.74, 6) is 0. The monoisotopic (exact) mass is 241 g/mol. The Kier molecular flexibility index (Phi) is 7.87. The number of hydrogen-bond donors (Lipinski definition) is 1. The number of rotatable bonds is 10. The highest BCUT2D eigenvalue weighted by molar-refractivity contribution is 4.88. The van der Waals surface area contributed by atoms with Crippen molar-refractivity contribution in [1.29, 1.82) is 0 Å². The van der Waals surface area contributed by atoms with Gasteiger partial charge < -0.3 is 10.5 Å². The molecule has 0 aromatic heterocycles. The lowest BCUT2D eigenvalue weighted by atomic mass is 10.0. The molecule has 1 fully saturated rings. The Hall–Kier alpha value is -0.0800. The van der Waals surface area contributed by atoms with Crippen LogP contribution in [0.2, 0.25) is 0 Å². The maximum absolute atomic E-state index is 6.23. The molecule has 2 N–H and O–H groups in total. The summed E-state index contributed by atoms with van der Waals surface area (Å²) in [5, 5.41) is 0. The number of hydrogen-bond acceptors (Lipinski definition) is 2. The van der Waals surface area contributed by atoms with Gasteiger partial charge in [0.15, 0.2) is 0 Å². The van der Waals surface area contributed by atoms with E-state index in [0.717, 1.165) is 26.1 Å². The summed E-state index contributed by atoms with van der Waals surface area (Å²) < 4.78 is 5.72. The van der Waals surface area contributed by atoms with Gasteiger partial charge in [-0.2, -0.15) is 0 Å². The summed E-state index contributed by atoms with van der Waals surface area (Å²) >= 11 is 0. The molecule has 0 bridgehead atoms. The Bertz CT molecular complexity index is 176. The lowest BCUT2D eigenvalue weighted by molar-refractivity contribution is 0.0838. The van der Waals surface area contributed by atoms with Crippen LogP contribution in [0.15, 0.2) is 0 Å². The van der Waals surface area contributed by atoms with Crippen LogP contribution in [0.4, 0.5) is 0 Å². The van der Waals surface area contributed by atoms with Crippen LogP contribution in [0.25, 0.3) is 0 Å². The van der Waals surface area contributed by atoms with Gasteiger partial charge in [-0.1, -0.05) is 58.3 Å². The van der Waals surface area contributed by atoms with Crippen molar-refractivity contribution in [2.24, 2.45) is 5.73 Å². The van der Waals surface area contributed by atoms with E-state index in [2.05, 4.69) is 6.92 Å². The molecule has 0 spiro atoms. The SMILES string of the molecule is CCCCCCCCCOCC1(N)CCCC1. The molecule has 2 nitrogen and oxygen atoms in total. The van der Waals surface area contributed by atoms with E-state index in [0.29, 0.717) is 0 Å². The van der Waals surface area contributed by atoms with Crippen LogP contribution in [0.3, 0.4) is 0 Å². The molecule has 0 amide bonds. The van der Waals surface area contributed by atoms with Gasteiger partial charge in [-0.25, -0.2) is 0 Å². The molecular formula is C15H31NO. The minimum Gasteiger partial charge on any atom is -0.380 e. The highest BCUT2D eigenvalue weighted by Gasteiger charge is 2.29. The molecule has 0 radical (unpaired) electrons. The molecule has 1 rings (SSSR count). The minimum atomic E-state index is 0.0150. The third kappa shape index (κ3) is 7.05. The summed E-state index contributed by atoms with van der Waals surface area (Å²) in [5.41, 5.74) is 6.24. The first-order chi connectivity index (χ1) is 8.27. The molecule has 0 saturated heterocycles. The predicted molar refractivity (Wildman–Crippen MR) is 74.2 cm³/mol. The molecule has 0 aromatic rings. The van der Waals surface area contributed by atoms with Crippen LogP contribution in [0, 0.1) is 0 Å². The fraction of sp³-hybridized carbons (Fsp3) is 1.00. The molecule has 1 aliphatic rings. The van der Waals surface area contributed by atoms with Crippen LogP contribution < -0.4 is 5.73 Å². The van der Waals surface area contributed by atoms with Gasteiger partial charge in [0.25, 0.3) is 0 Å². The number of nitrogens with two attached hydrogens (primary N) is 1. The largest absolute Gasteiger partial charge is 0.380 e. The fourth-order valence-electron chi connectivity index (χ4n) is 2.66. The van der Waals surface area contributed by atoms with E-state index in [4.69, 9.17) is 10.5 Å². The van der Waals surface area contributed by atoms with Crippen LogP contribution in [0.5, 0.6) is 0 Å². The van der Waals surface area contributed by atoms with Crippen LogP contribution in [-0.2, 0) is 4.74 Å². The lowest BCUT2D eigenvalue weighted by Crippen LogP contribution is -2.41. The van der Waals surface area contributed by atoms with Crippen molar-refractivity contribution in [1.82, 2.24) is 0 Å². The first-order valence-electron chi connectivity index (χ1n) is 7.63. The zero-order chi connectivity index (χ0) is 12.4. The third-order valence-corrected chi connectivity index (χ3v) is 3.88. The summed E-state index contributed by atoms with van der Waals surface area (Å²) in [7, 11) is 0. The van der Waals surface area contributed by atoms with E-state index in [-0.39, 0.29) is 5.54 Å². The Labute approximate surface area is 107 Å². The standard InChI is InChI=1S/C15H31NO/c1-2-3-4-5-6-7-10-13-17-14-15(16)11-8-9-12-15/h2-14,16H2,1H3. The normalized spacial score (nSPS) is 18.7. The van der Waals surface area contributed by atoms with Crippen molar-refractivity contribution >= 4 is 0 Å². The maximum Gasteiger partial charge on any atom is 0.0646 e. The van der Waals surface area contributed by atoms with Crippen molar-refractivity contribution in [3.05, 3.63) is 0 Å². The van der Waals surface area contributed by atoms with Crippen molar-refractivity contribution in [2.75, 3.05) is 13.2 Å². The van der Waals surface area contributed by atoms with Crippen molar-refractivity contribution < 1.29 is 4.74 Å². The molecule has 102 valence electrons. The molecule has 0 unspecified atom stereocenters. The Morgan fingerprint density at radius 1 is 0.941 bits per heavy atom. The Balaban J connectivity index is 1.81. The van der Waals surface area contributed by atoms with Gasteiger partial charge in [0, 0.05) is 12.1 Å². The second-order valence-electron chi connectivity index (χ2n) is 5.74. The average molecular weight is 241 g/mol. The van der Waals surface area contributed by atoms with Crippen LogP contribution in [-0.4, -0.2) is 18.8 Å². The van der Waals surface area contributed by atoms with E-state index >= 15 is 0 Å². The van der Waals surface area contributed by atoms with Gasteiger partial charge in [-0.15, -0.1) is 0 Å². The van der Waals surface area contributed by atoms with Crippen molar-refractivity contribution in [2.45, 2.75) is 83.1 Å². The summed E-state index contributed by atoms with van der Waals surface area (Å²) in [6, 6.07) is 0. The van der Waals surface area contributed by atoms with Gasteiger partial charge in [0.2, 0.25) is 0 Å². The molecule has 17 heavy (non-hydrogen) atoms. The highest BCUT2D eigenvalue weighted by Crippen LogP contribution is 2.27. The molecule has 0 aliphatic heterocycles. The van der Waals surface area contributed by atoms with E-state index in [9.17, 15) is 0 Å². The van der Waals surface area contributed by atoms with E-state index in [1.54, 1.807) is 0 Å². The van der Waals surface area contributed by atoms with Gasteiger partial charge in [0.1, 0.15) is 0 Å². The van der Waals surface area contributed by atoms with Crippen LogP contribution in [0.1, 0.15) is 77.6 Å². The topological polar surface area (TPSA) is 35.2 Å². The fourth-order valence-corrected chi connectivity index (χ4v) is 2.66. The highest BCUT2D eigenvalue weighted by atomic mass is 16.5. The van der Waals surface area contributed by atoms with Gasteiger partial charge in [0.05, 0.1) is 6.61 Å². The van der Waals surface area contributed by atoms with Crippen molar-refractivity contribution in [3.63, 3.8) is 0 Å². The smallest absolute Gasteiger partial charge is 0.0646 e. The number of unbranched alkanes of at least 4 members (excludes halogenated alkanes) is 6. The molecule has 2 heteroatoms. The average Bonchev–Trinajstić information content (AvgIpc) is 2.74. The first-order valence-corrected chi connectivity index (χ1v) is 7.63. The summed E-state index contributed by atoms with van der Waals surface area (Å²) in [4.78, 5) is 0. The molecule has 0 atom stereocenters. The van der Waals surface area contributed by atoms with Crippen molar-refractivity contribution in [3.8, 4) is 0 Å². The lowest BCUT2D eigenvalue weighted by Gasteiger charge is -2.23. The summed E-state index contributed by atoms with van der Waals surface area (Å²) in [6.45, 7) is 3.95. The molecule has 1 saturated carbocycles. The van der Waals surface area contributed by atoms with Gasteiger partial charge in [-0.05, 0) is 19.3 Å². The van der Waals surface area contributed by atoms with E-state index < -0.39 is 0 Å². The molecule has 0 aromatic carbocycles. The summed E-state index contributed by atoms with van der Waals surface area (Å²) in [6.07, 6.45) is 14.3.